The summed E-state index contributed by atoms with van der Waals surface area (Å²) in [6.45, 7) is 3.79. The highest BCUT2D eigenvalue weighted by atomic mass is 16.7. The van der Waals surface area contributed by atoms with Gasteiger partial charge in [-0.05, 0) is 30.2 Å². The van der Waals surface area contributed by atoms with E-state index in [1.54, 1.807) is 0 Å². The molecule has 2 aromatic heterocycles. The van der Waals surface area contributed by atoms with Crippen LogP contribution in [0.1, 0.15) is 35.9 Å². The van der Waals surface area contributed by atoms with Gasteiger partial charge < -0.3 is 5.11 Å². The molecule has 5 rings (SSSR count). The molecule has 0 radical (unpaired) electrons. The Morgan fingerprint density at radius 3 is 2.62 bits per heavy atom. The Morgan fingerprint density at radius 1 is 1.18 bits per heavy atom. The number of hydrogen-bond donors (Lipinski definition) is 1. The van der Waals surface area contributed by atoms with Crippen molar-refractivity contribution in [2.24, 2.45) is 7.05 Å². The Bertz CT molecular complexity index is 1540. The Morgan fingerprint density at radius 2 is 1.91 bits per heavy atom. The zero-order valence-corrected chi connectivity index (χ0v) is 19.1. The van der Waals surface area contributed by atoms with E-state index in [-0.39, 0.29) is 42.5 Å². The fraction of sp³-hybridized carbons (Fsp3) is 0.333. The highest BCUT2D eigenvalue weighted by molar-refractivity contribution is 6.03. The van der Waals surface area contributed by atoms with Crippen LogP contribution in [-0.2, 0) is 18.4 Å². The van der Waals surface area contributed by atoms with Crippen LogP contribution in [0.4, 0.5) is 0 Å². The molecule has 1 saturated heterocycles. The minimum atomic E-state index is -0.818. The molecule has 0 unspecified atom stereocenters. The van der Waals surface area contributed by atoms with Gasteiger partial charge in [-0.15, -0.1) is 0 Å². The molecular formula is C24H25N5O5. The number of amides is 1. The summed E-state index contributed by atoms with van der Waals surface area (Å²) in [5.41, 5.74) is -0.0469. The maximum atomic E-state index is 13.6. The van der Waals surface area contributed by atoms with Crippen molar-refractivity contribution in [1.29, 1.82) is 0 Å². The largest absolute Gasteiger partial charge is 0.389 e. The second kappa shape index (κ2) is 8.23. The minimum Gasteiger partial charge on any atom is -0.389 e. The standard InChI is InChI=1S/C24H25N5O5/c1-14(2)29-21-19(22(31)26(3)24(29)33)20(23(32)28-12-17(30)13-34-28)27(25-21)11-16-9-6-8-15-7-4-5-10-18(15)16/h4-10,14,17,30H,11-13H2,1-3H3/t17-/m0/s1. The average molecular weight is 463 g/mol. The maximum absolute atomic E-state index is 13.6. The molecular weight excluding hydrogens is 438 g/mol. The summed E-state index contributed by atoms with van der Waals surface area (Å²) < 4.78 is 3.86. The third-order valence-electron chi connectivity index (χ3n) is 6.12. The van der Waals surface area contributed by atoms with Crippen LogP contribution in [0.2, 0.25) is 0 Å². The number of aliphatic hydroxyl groups excluding tert-OH is 1. The van der Waals surface area contributed by atoms with Crippen LogP contribution in [0.5, 0.6) is 0 Å². The number of nitrogens with zero attached hydrogens (tertiary/aromatic N) is 5. The van der Waals surface area contributed by atoms with E-state index in [1.165, 1.54) is 16.3 Å². The van der Waals surface area contributed by atoms with Crippen LogP contribution >= 0.6 is 0 Å². The second-order valence-electron chi connectivity index (χ2n) is 8.77. The lowest BCUT2D eigenvalue weighted by Crippen LogP contribution is -2.39. The number of hydroxylamine groups is 2. The van der Waals surface area contributed by atoms with Crippen LogP contribution in [0.3, 0.4) is 0 Å². The first-order chi connectivity index (χ1) is 16.3. The number of aromatic nitrogens is 4. The van der Waals surface area contributed by atoms with Gasteiger partial charge in [-0.25, -0.2) is 9.86 Å². The summed E-state index contributed by atoms with van der Waals surface area (Å²) >= 11 is 0. The number of β-amino-alcohol motifs (C(OH)–C–C–N with tert-alkyl or cyclic N) is 1. The van der Waals surface area contributed by atoms with Gasteiger partial charge in [-0.1, -0.05) is 42.5 Å². The van der Waals surface area contributed by atoms with Gasteiger partial charge in [-0.2, -0.15) is 5.10 Å². The maximum Gasteiger partial charge on any atom is 0.332 e. The highest BCUT2D eigenvalue weighted by Gasteiger charge is 2.33. The van der Waals surface area contributed by atoms with Gasteiger partial charge >= 0.3 is 5.69 Å². The zero-order chi connectivity index (χ0) is 24.1. The molecule has 3 heterocycles. The van der Waals surface area contributed by atoms with E-state index in [0.717, 1.165) is 26.0 Å². The van der Waals surface area contributed by atoms with E-state index >= 15 is 0 Å². The molecule has 1 aliphatic heterocycles. The van der Waals surface area contributed by atoms with Crippen molar-refractivity contribution in [3.05, 3.63) is 74.6 Å². The van der Waals surface area contributed by atoms with Crippen LogP contribution in [0, 0.1) is 0 Å². The first kappa shape index (κ1) is 22.1. The number of aliphatic hydroxyl groups is 1. The van der Waals surface area contributed by atoms with Crippen LogP contribution in [0.25, 0.3) is 21.8 Å². The van der Waals surface area contributed by atoms with Gasteiger partial charge in [0.25, 0.3) is 11.5 Å². The Labute approximate surface area is 194 Å². The normalized spacial score (nSPS) is 16.3. The van der Waals surface area contributed by atoms with Gasteiger partial charge in [0.2, 0.25) is 0 Å². The number of hydrogen-bond acceptors (Lipinski definition) is 6. The lowest BCUT2D eigenvalue weighted by atomic mass is 10.0. The first-order valence-corrected chi connectivity index (χ1v) is 11.1. The minimum absolute atomic E-state index is 0.0180. The van der Waals surface area contributed by atoms with Crippen molar-refractivity contribution in [3.8, 4) is 0 Å². The number of fused-ring (bicyclic) bond motifs is 2. The predicted molar refractivity (Wildman–Crippen MR) is 126 cm³/mol. The lowest BCUT2D eigenvalue weighted by Gasteiger charge is -2.16. The number of benzene rings is 2. The Hall–Kier alpha value is -3.76. The summed E-state index contributed by atoms with van der Waals surface area (Å²) in [5.74, 6) is -0.592. The molecule has 10 nitrogen and oxygen atoms in total. The Balaban J connectivity index is 1.79. The summed E-state index contributed by atoms with van der Waals surface area (Å²) in [6, 6.07) is 13.4. The molecule has 176 valence electrons. The molecule has 2 aromatic carbocycles. The van der Waals surface area contributed by atoms with Crippen LogP contribution in [-0.4, -0.2) is 54.2 Å². The highest BCUT2D eigenvalue weighted by Crippen LogP contribution is 2.24. The number of rotatable bonds is 4. The predicted octanol–water partition coefficient (Wildman–Crippen LogP) is 1.43. The number of carbonyl (C=O) groups is 1. The molecule has 4 aromatic rings. The second-order valence-corrected chi connectivity index (χ2v) is 8.77. The van der Waals surface area contributed by atoms with Crippen molar-refractivity contribution in [2.45, 2.75) is 32.5 Å². The fourth-order valence-corrected chi connectivity index (χ4v) is 4.44. The van der Waals surface area contributed by atoms with Gasteiger partial charge in [0.05, 0.1) is 13.1 Å². The number of carbonyl (C=O) groups excluding carboxylic acids is 1. The third kappa shape index (κ3) is 3.42. The molecule has 1 aliphatic rings. The van der Waals surface area contributed by atoms with Gasteiger partial charge in [0.15, 0.2) is 5.65 Å². The monoisotopic (exact) mass is 463 g/mol. The van der Waals surface area contributed by atoms with E-state index in [1.807, 2.05) is 56.3 Å². The molecule has 1 N–H and O–H groups in total. The summed E-state index contributed by atoms with van der Waals surface area (Å²) in [6.07, 6.45) is -0.818. The smallest absolute Gasteiger partial charge is 0.332 e. The van der Waals surface area contributed by atoms with E-state index in [4.69, 9.17) is 4.84 Å². The van der Waals surface area contributed by atoms with Crippen molar-refractivity contribution < 1.29 is 14.7 Å². The molecule has 1 fully saturated rings. The van der Waals surface area contributed by atoms with Crippen molar-refractivity contribution in [1.82, 2.24) is 24.0 Å². The van der Waals surface area contributed by atoms with Gasteiger partial charge in [0.1, 0.15) is 23.8 Å². The zero-order valence-electron chi connectivity index (χ0n) is 19.1. The lowest BCUT2D eigenvalue weighted by molar-refractivity contribution is -0.0784. The van der Waals surface area contributed by atoms with Crippen molar-refractivity contribution in [3.63, 3.8) is 0 Å². The fourth-order valence-electron chi connectivity index (χ4n) is 4.44. The molecule has 0 bridgehead atoms. The van der Waals surface area contributed by atoms with Gasteiger partial charge in [0, 0.05) is 13.1 Å². The van der Waals surface area contributed by atoms with Crippen molar-refractivity contribution >= 4 is 27.7 Å². The molecule has 1 amide bonds. The third-order valence-corrected chi connectivity index (χ3v) is 6.12. The molecule has 34 heavy (non-hydrogen) atoms. The van der Waals surface area contributed by atoms with Gasteiger partial charge in [-0.3, -0.25) is 28.2 Å². The summed E-state index contributed by atoms with van der Waals surface area (Å²) in [4.78, 5) is 45.1. The molecule has 1 atom stereocenters. The van der Waals surface area contributed by atoms with Crippen LogP contribution in [0.15, 0.2) is 52.1 Å². The van der Waals surface area contributed by atoms with E-state index < -0.39 is 23.3 Å². The first-order valence-electron chi connectivity index (χ1n) is 11.1. The van der Waals surface area contributed by atoms with Crippen LogP contribution < -0.4 is 11.2 Å². The quantitative estimate of drug-likeness (QED) is 0.490. The Kier molecular flexibility index (Phi) is 5.34. The molecule has 0 aliphatic carbocycles. The molecule has 0 spiro atoms. The molecule has 10 heteroatoms. The van der Waals surface area contributed by atoms with E-state index in [0.29, 0.717) is 0 Å². The molecule has 0 saturated carbocycles. The SMILES string of the molecule is CC(C)n1c(=O)n(C)c(=O)c2c(C(=O)N3C[C@H](O)CO3)n(Cc3cccc4ccccc34)nc21. The van der Waals surface area contributed by atoms with E-state index in [9.17, 15) is 19.5 Å². The topological polar surface area (TPSA) is 112 Å². The summed E-state index contributed by atoms with van der Waals surface area (Å²) in [7, 11) is 1.38. The average Bonchev–Trinajstić information content (AvgIpc) is 3.41. The van der Waals surface area contributed by atoms with E-state index in [2.05, 4.69) is 5.10 Å². The van der Waals surface area contributed by atoms with Crippen molar-refractivity contribution in [2.75, 3.05) is 13.2 Å². The summed E-state index contributed by atoms with van der Waals surface area (Å²) in [5, 5.41) is 17.6.